The molecule has 78 valence electrons. The first-order valence-corrected chi connectivity index (χ1v) is 6.78. The van der Waals surface area contributed by atoms with Crippen LogP contribution in [0.25, 0.3) is 0 Å². The van der Waals surface area contributed by atoms with Crippen molar-refractivity contribution in [3.05, 3.63) is 23.8 Å². The summed E-state index contributed by atoms with van der Waals surface area (Å²) in [7, 11) is -2.53. The summed E-state index contributed by atoms with van der Waals surface area (Å²) < 4.78 is 16.9. The zero-order valence-corrected chi connectivity index (χ0v) is 9.62. The quantitative estimate of drug-likeness (QED) is 0.721. The van der Waals surface area contributed by atoms with E-state index in [1.807, 2.05) is 13.8 Å². The van der Waals surface area contributed by atoms with E-state index in [2.05, 4.69) is 9.97 Å². The largest absolute Gasteiger partial charge is 0.329 e. The van der Waals surface area contributed by atoms with Gasteiger partial charge in [-0.2, -0.15) is 0 Å². The molecule has 0 aliphatic carbocycles. The van der Waals surface area contributed by atoms with E-state index < -0.39 is 7.37 Å². The van der Waals surface area contributed by atoms with Crippen LogP contribution in [-0.4, -0.2) is 23.2 Å². The van der Waals surface area contributed by atoms with E-state index in [-0.39, 0.29) is 0 Å². The lowest BCUT2D eigenvalue weighted by atomic mass is 10.4. The maximum absolute atomic E-state index is 11.8. The van der Waals surface area contributed by atoms with Crippen LogP contribution in [0.3, 0.4) is 0 Å². The Balaban J connectivity index is 2.69. The number of hydrogen-bond acceptors (Lipinski definition) is 4. The average Bonchev–Trinajstić information content (AvgIpc) is 2.08. The summed E-state index contributed by atoms with van der Waals surface area (Å²) in [6, 6.07) is 0. The smallest absolute Gasteiger partial charge is 0.206 e. The van der Waals surface area contributed by atoms with Gasteiger partial charge in [0.1, 0.15) is 0 Å². The Kier molecular flexibility index (Phi) is 3.78. The van der Waals surface area contributed by atoms with Crippen molar-refractivity contribution in [3.8, 4) is 0 Å². The average molecular weight is 214 g/mol. The van der Waals surface area contributed by atoms with Crippen LogP contribution in [0, 0.1) is 6.92 Å². The molecule has 0 bridgehead atoms. The minimum atomic E-state index is -2.53. The maximum Gasteiger partial charge on any atom is 0.206 e. The lowest BCUT2D eigenvalue weighted by molar-refractivity contribution is 0.336. The van der Waals surface area contributed by atoms with Crippen molar-refractivity contribution in [2.45, 2.75) is 20.0 Å². The Bertz CT molecular complexity index is 337. The molecule has 0 saturated carbocycles. The zero-order chi connectivity index (χ0) is 10.6. The summed E-state index contributed by atoms with van der Waals surface area (Å²) in [4.78, 5) is 8.22. The second kappa shape index (κ2) is 4.67. The van der Waals surface area contributed by atoms with E-state index in [0.717, 1.165) is 11.4 Å². The minimum Gasteiger partial charge on any atom is -0.329 e. The van der Waals surface area contributed by atoms with Crippen LogP contribution in [0.4, 0.5) is 0 Å². The normalized spacial score (nSPS) is 15.1. The molecule has 0 aliphatic heterocycles. The second-order valence-corrected chi connectivity index (χ2v) is 5.84. The fourth-order valence-electron chi connectivity index (χ4n) is 1.11. The van der Waals surface area contributed by atoms with Crippen LogP contribution in [0.1, 0.15) is 18.3 Å². The molecule has 1 aromatic rings. The first kappa shape index (κ1) is 11.3. The first-order chi connectivity index (χ1) is 6.53. The van der Waals surface area contributed by atoms with E-state index in [1.165, 1.54) is 0 Å². The lowest BCUT2D eigenvalue weighted by Crippen LogP contribution is -1.96. The Hall–Kier alpha value is -0.730. The van der Waals surface area contributed by atoms with E-state index >= 15 is 0 Å². The number of hydrogen-bond donors (Lipinski definition) is 0. The second-order valence-electron chi connectivity index (χ2n) is 3.24. The van der Waals surface area contributed by atoms with Crippen molar-refractivity contribution < 1.29 is 9.09 Å². The summed E-state index contributed by atoms with van der Waals surface area (Å²) in [5.74, 6) is 0. The summed E-state index contributed by atoms with van der Waals surface area (Å²) >= 11 is 0. The van der Waals surface area contributed by atoms with Crippen LogP contribution in [0.5, 0.6) is 0 Å². The molecule has 0 saturated heterocycles. The van der Waals surface area contributed by atoms with Crippen LogP contribution in [0.15, 0.2) is 12.4 Å². The van der Waals surface area contributed by atoms with Crippen LogP contribution in [0.2, 0.25) is 0 Å². The number of nitrogens with zero attached hydrogens (tertiary/aromatic N) is 2. The summed E-state index contributed by atoms with van der Waals surface area (Å²) in [5, 5.41) is 0. The minimum absolute atomic E-state index is 0.355. The topological polar surface area (TPSA) is 52.1 Å². The molecule has 0 fully saturated rings. The molecule has 0 N–H and O–H groups in total. The molecule has 1 rings (SSSR count). The molecule has 0 amide bonds. The predicted octanol–water partition coefficient (Wildman–Crippen LogP) is 2.23. The monoisotopic (exact) mass is 214 g/mol. The number of rotatable bonds is 4. The van der Waals surface area contributed by atoms with Gasteiger partial charge >= 0.3 is 0 Å². The van der Waals surface area contributed by atoms with Crippen molar-refractivity contribution in [1.82, 2.24) is 9.97 Å². The SMILES string of the molecule is CCOP(C)(=O)Cc1cnc(C)cn1. The molecule has 1 unspecified atom stereocenters. The standard InChI is InChI=1S/C9H15N2O2P/c1-4-13-14(3,12)7-9-6-10-8(2)5-11-9/h5-6H,4,7H2,1-3H3. The first-order valence-electron chi connectivity index (χ1n) is 4.52. The highest BCUT2D eigenvalue weighted by molar-refractivity contribution is 7.57. The highest BCUT2D eigenvalue weighted by atomic mass is 31.2. The number of aromatic nitrogens is 2. The van der Waals surface area contributed by atoms with Gasteiger partial charge in [0.15, 0.2) is 0 Å². The molecule has 0 aromatic carbocycles. The van der Waals surface area contributed by atoms with Gasteiger partial charge in [0, 0.05) is 19.1 Å². The summed E-state index contributed by atoms with van der Waals surface area (Å²) in [6.45, 7) is 5.78. The fourth-order valence-corrected chi connectivity index (χ4v) is 2.50. The van der Waals surface area contributed by atoms with E-state index in [0.29, 0.717) is 12.8 Å². The Labute approximate surface area is 84.2 Å². The van der Waals surface area contributed by atoms with Gasteiger partial charge in [-0.1, -0.05) is 0 Å². The van der Waals surface area contributed by atoms with Gasteiger partial charge in [-0.15, -0.1) is 0 Å². The van der Waals surface area contributed by atoms with Gasteiger partial charge in [-0.05, 0) is 13.8 Å². The van der Waals surface area contributed by atoms with E-state index in [9.17, 15) is 4.57 Å². The van der Waals surface area contributed by atoms with Gasteiger partial charge in [0.05, 0.1) is 24.2 Å². The molecule has 0 radical (unpaired) electrons. The molecular formula is C9H15N2O2P. The third-order valence-corrected chi connectivity index (χ3v) is 3.39. The molecule has 1 atom stereocenters. The van der Waals surface area contributed by atoms with Gasteiger partial charge in [0.25, 0.3) is 0 Å². The van der Waals surface area contributed by atoms with Gasteiger partial charge < -0.3 is 4.52 Å². The van der Waals surface area contributed by atoms with E-state index in [4.69, 9.17) is 4.52 Å². The molecule has 1 aromatic heterocycles. The van der Waals surface area contributed by atoms with Gasteiger partial charge in [0.2, 0.25) is 7.37 Å². The van der Waals surface area contributed by atoms with Crippen LogP contribution >= 0.6 is 7.37 Å². The van der Waals surface area contributed by atoms with Crippen molar-refractivity contribution in [2.24, 2.45) is 0 Å². The molecule has 5 heteroatoms. The van der Waals surface area contributed by atoms with Gasteiger partial charge in [-0.25, -0.2) is 0 Å². The van der Waals surface area contributed by atoms with Crippen molar-refractivity contribution in [2.75, 3.05) is 13.3 Å². The summed E-state index contributed by atoms with van der Waals surface area (Å²) in [5.41, 5.74) is 1.57. The van der Waals surface area contributed by atoms with Crippen molar-refractivity contribution >= 4 is 7.37 Å². The fraction of sp³-hybridized carbons (Fsp3) is 0.556. The molecule has 0 spiro atoms. The predicted molar refractivity (Wildman–Crippen MR) is 55.6 cm³/mol. The molecule has 4 nitrogen and oxygen atoms in total. The number of aryl methyl sites for hydroxylation is 1. The lowest BCUT2D eigenvalue weighted by Gasteiger charge is -2.11. The molecule has 1 heterocycles. The van der Waals surface area contributed by atoms with Crippen molar-refractivity contribution in [3.63, 3.8) is 0 Å². The van der Waals surface area contributed by atoms with Crippen LogP contribution < -0.4 is 0 Å². The van der Waals surface area contributed by atoms with Crippen LogP contribution in [-0.2, 0) is 15.3 Å². The van der Waals surface area contributed by atoms with Gasteiger partial charge in [-0.3, -0.25) is 14.5 Å². The van der Waals surface area contributed by atoms with Crippen molar-refractivity contribution in [1.29, 1.82) is 0 Å². The zero-order valence-electron chi connectivity index (χ0n) is 8.73. The Morgan fingerprint density at radius 3 is 2.64 bits per heavy atom. The summed E-state index contributed by atoms with van der Waals surface area (Å²) in [6.07, 6.45) is 3.67. The molecular weight excluding hydrogens is 199 g/mol. The molecule has 0 aliphatic rings. The third-order valence-electron chi connectivity index (χ3n) is 1.69. The highest BCUT2D eigenvalue weighted by Gasteiger charge is 2.16. The molecule has 14 heavy (non-hydrogen) atoms. The maximum atomic E-state index is 11.8. The third kappa shape index (κ3) is 3.56. The Morgan fingerprint density at radius 2 is 2.14 bits per heavy atom. The Morgan fingerprint density at radius 1 is 1.43 bits per heavy atom. The highest BCUT2D eigenvalue weighted by Crippen LogP contribution is 2.45. The van der Waals surface area contributed by atoms with E-state index in [1.54, 1.807) is 19.1 Å².